The summed E-state index contributed by atoms with van der Waals surface area (Å²) in [5.74, 6) is -1.33. The normalized spacial score (nSPS) is 18.5. The summed E-state index contributed by atoms with van der Waals surface area (Å²) < 4.78 is 28.8. The lowest BCUT2D eigenvalue weighted by Gasteiger charge is -2.29. The van der Waals surface area contributed by atoms with Crippen molar-refractivity contribution in [2.75, 3.05) is 13.1 Å². The van der Waals surface area contributed by atoms with Crippen LogP contribution in [0.15, 0.2) is 23.1 Å². The Morgan fingerprint density at radius 1 is 1.36 bits per heavy atom. The lowest BCUT2D eigenvalue weighted by Crippen LogP contribution is -2.40. The highest BCUT2D eigenvalue weighted by molar-refractivity contribution is 7.89. The summed E-state index contributed by atoms with van der Waals surface area (Å²) in [5.41, 5.74) is 1.35. The number of carboxylic acid groups (broad SMARTS) is 1. The van der Waals surface area contributed by atoms with Crippen LogP contribution in [0.1, 0.15) is 39.2 Å². The van der Waals surface area contributed by atoms with Crippen LogP contribution in [0.4, 0.5) is 0 Å². The third-order valence-corrected chi connectivity index (χ3v) is 6.79. The zero-order valence-corrected chi connectivity index (χ0v) is 15.1. The van der Waals surface area contributed by atoms with E-state index in [9.17, 15) is 13.2 Å². The molecule has 0 amide bonds. The molecule has 8 nitrogen and oxygen atoms in total. The van der Waals surface area contributed by atoms with Crippen molar-refractivity contribution in [3.05, 3.63) is 18.2 Å². The Morgan fingerprint density at radius 3 is 2.64 bits per heavy atom. The highest BCUT2D eigenvalue weighted by Gasteiger charge is 2.32. The standard InChI is InChI=1S/C16H22N4O4S/c1-3-11(2)20-15-5-4-13(10-14(15)17-18-20)25(23,24)19-8-6-12(7-9-19)16(21)22/h4-5,10-12H,3,6-9H2,1-2H3,(H,21,22)/t11-/m1/s1. The van der Waals surface area contributed by atoms with Crippen LogP contribution in [0.3, 0.4) is 0 Å². The van der Waals surface area contributed by atoms with Crippen LogP contribution in [0, 0.1) is 5.92 Å². The van der Waals surface area contributed by atoms with Crippen molar-refractivity contribution in [1.82, 2.24) is 19.3 Å². The van der Waals surface area contributed by atoms with Crippen LogP contribution in [-0.2, 0) is 14.8 Å². The molecule has 25 heavy (non-hydrogen) atoms. The van der Waals surface area contributed by atoms with Crippen molar-refractivity contribution >= 4 is 27.0 Å². The lowest BCUT2D eigenvalue weighted by atomic mass is 9.99. The monoisotopic (exact) mass is 366 g/mol. The average Bonchev–Trinajstić information content (AvgIpc) is 3.04. The van der Waals surface area contributed by atoms with E-state index in [1.165, 1.54) is 4.31 Å². The molecule has 136 valence electrons. The van der Waals surface area contributed by atoms with Gasteiger partial charge in [-0.05, 0) is 44.4 Å². The van der Waals surface area contributed by atoms with Gasteiger partial charge < -0.3 is 5.11 Å². The molecule has 0 radical (unpaired) electrons. The van der Waals surface area contributed by atoms with Gasteiger partial charge in [0.2, 0.25) is 10.0 Å². The van der Waals surface area contributed by atoms with Gasteiger partial charge in [0.15, 0.2) is 0 Å². The van der Waals surface area contributed by atoms with Gasteiger partial charge in [-0.15, -0.1) is 5.10 Å². The summed E-state index contributed by atoms with van der Waals surface area (Å²) in [7, 11) is -3.66. The van der Waals surface area contributed by atoms with Crippen LogP contribution >= 0.6 is 0 Å². The Kier molecular flexibility index (Phi) is 4.79. The fourth-order valence-corrected chi connectivity index (χ4v) is 4.56. The molecule has 0 aliphatic carbocycles. The quantitative estimate of drug-likeness (QED) is 0.866. The van der Waals surface area contributed by atoms with Crippen LogP contribution in [0.25, 0.3) is 11.0 Å². The second-order valence-electron chi connectivity index (χ2n) is 6.46. The molecule has 1 aromatic heterocycles. The predicted molar refractivity (Wildman–Crippen MR) is 91.6 cm³/mol. The first-order chi connectivity index (χ1) is 11.8. The maximum absolute atomic E-state index is 12.8. The molecular weight excluding hydrogens is 344 g/mol. The van der Waals surface area contributed by atoms with Gasteiger partial charge in [-0.3, -0.25) is 4.79 Å². The second-order valence-corrected chi connectivity index (χ2v) is 8.40. The van der Waals surface area contributed by atoms with Crippen LogP contribution < -0.4 is 0 Å². The molecule has 3 rings (SSSR count). The van der Waals surface area contributed by atoms with E-state index in [-0.39, 0.29) is 24.0 Å². The number of nitrogens with zero attached hydrogens (tertiary/aromatic N) is 4. The van der Waals surface area contributed by atoms with Crippen molar-refractivity contribution in [2.45, 2.75) is 44.0 Å². The van der Waals surface area contributed by atoms with E-state index in [0.717, 1.165) is 11.9 Å². The number of hydrogen-bond acceptors (Lipinski definition) is 5. The number of carboxylic acids is 1. The summed E-state index contributed by atoms with van der Waals surface area (Å²) in [5, 5.41) is 17.3. The van der Waals surface area contributed by atoms with E-state index in [1.807, 2.05) is 6.92 Å². The Hall–Kier alpha value is -2.00. The van der Waals surface area contributed by atoms with Gasteiger partial charge in [-0.25, -0.2) is 13.1 Å². The molecule has 1 saturated heterocycles. The number of aliphatic carboxylic acids is 1. The fourth-order valence-electron chi connectivity index (χ4n) is 3.07. The van der Waals surface area contributed by atoms with Crippen molar-refractivity contribution < 1.29 is 18.3 Å². The van der Waals surface area contributed by atoms with E-state index in [1.54, 1.807) is 22.9 Å². The van der Waals surface area contributed by atoms with Crippen molar-refractivity contribution in [1.29, 1.82) is 0 Å². The molecule has 9 heteroatoms. The van der Waals surface area contributed by atoms with Gasteiger partial charge in [0.1, 0.15) is 5.52 Å². The molecule has 0 bridgehead atoms. The number of carbonyl (C=O) groups is 1. The number of benzene rings is 1. The Balaban J connectivity index is 1.87. The molecular formula is C16H22N4O4S. The summed E-state index contributed by atoms with van der Waals surface area (Å²) in [6.07, 6.45) is 1.57. The van der Waals surface area contributed by atoms with Gasteiger partial charge in [-0.1, -0.05) is 12.1 Å². The van der Waals surface area contributed by atoms with Gasteiger partial charge in [-0.2, -0.15) is 4.31 Å². The number of piperidine rings is 1. The van der Waals surface area contributed by atoms with E-state index < -0.39 is 21.9 Å². The molecule has 1 atom stereocenters. The zero-order valence-electron chi connectivity index (χ0n) is 14.3. The van der Waals surface area contributed by atoms with Gasteiger partial charge in [0, 0.05) is 13.1 Å². The molecule has 2 aromatic rings. The number of hydrogen-bond donors (Lipinski definition) is 1. The molecule has 0 unspecified atom stereocenters. The van der Waals surface area contributed by atoms with Gasteiger partial charge in [0.25, 0.3) is 0 Å². The Bertz CT molecular complexity index is 885. The topological polar surface area (TPSA) is 105 Å². The van der Waals surface area contributed by atoms with E-state index in [4.69, 9.17) is 5.11 Å². The van der Waals surface area contributed by atoms with Crippen molar-refractivity contribution in [3.63, 3.8) is 0 Å². The van der Waals surface area contributed by atoms with Gasteiger partial charge in [0.05, 0.1) is 22.4 Å². The molecule has 1 aliphatic rings. The largest absolute Gasteiger partial charge is 0.481 e. The molecule has 1 N–H and O–H groups in total. The fraction of sp³-hybridized carbons (Fsp3) is 0.562. The Labute approximate surface area is 146 Å². The van der Waals surface area contributed by atoms with E-state index >= 15 is 0 Å². The van der Waals surface area contributed by atoms with Crippen molar-refractivity contribution in [2.24, 2.45) is 5.92 Å². The summed E-state index contributed by atoms with van der Waals surface area (Å²) in [6, 6.07) is 5.03. The first-order valence-electron chi connectivity index (χ1n) is 8.42. The molecule has 0 spiro atoms. The average molecular weight is 366 g/mol. The highest BCUT2D eigenvalue weighted by Crippen LogP contribution is 2.26. The van der Waals surface area contributed by atoms with Crippen LogP contribution in [0.5, 0.6) is 0 Å². The van der Waals surface area contributed by atoms with E-state index in [0.29, 0.717) is 18.4 Å². The smallest absolute Gasteiger partial charge is 0.306 e. The maximum atomic E-state index is 12.8. The highest BCUT2D eigenvalue weighted by atomic mass is 32.2. The second kappa shape index (κ2) is 6.72. The van der Waals surface area contributed by atoms with Crippen LogP contribution in [0.2, 0.25) is 0 Å². The lowest BCUT2D eigenvalue weighted by molar-refractivity contribution is -0.142. The third-order valence-electron chi connectivity index (χ3n) is 4.89. The molecule has 1 aromatic carbocycles. The number of sulfonamides is 1. The molecule has 2 heterocycles. The Morgan fingerprint density at radius 2 is 2.04 bits per heavy atom. The number of aromatic nitrogens is 3. The number of rotatable bonds is 5. The number of fused-ring (bicyclic) bond motifs is 1. The predicted octanol–water partition coefficient (Wildman–Crippen LogP) is 1.89. The van der Waals surface area contributed by atoms with Crippen LogP contribution in [-0.4, -0.2) is 51.9 Å². The maximum Gasteiger partial charge on any atom is 0.306 e. The summed E-state index contributed by atoms with van der Waals surface area (Å²) in [4.78, 5) is 11.2. The molecule has 0 saturated carbocycles. The minimum absolute atomic E-state index is 0.171. The third kappa shape index (κ3) is 3.25. The first kappa shape index (κ1) is 17.8. The minimum atomic E-state index is -3.66. The molecule has 1 fully saturated rings. The van der Waals surface area contributed by atoms with Gasteiger partial charge >= 0.3 is 5.97 Å². The molecule has 1 aliphatic heterocycles. The summed E-state index contributed by atoms with van der Waals surface area (Å²) >= 11 is 0. The van der Waals surface area contributed by atoms with Crippen molar-refractivity contribution in [3.8, 4) is 0 Å². The zero-order chi connectivity index (χ0) is 18.2. The first-order valence-corrected chi connectivity index (χ1v) is 9.86. The minimum Gasteiger partial charge on any atom is -0.481 e. The summed E-state index contributed by atoms with van der Waals surface area (Å²) in [6.45, 7) is 4.52. The van der Waals surface area contributed by atoms with E-state index in [2.05, 4.69) is 17.2 Å². The SMILES string of the molecule is CC[C@@H](C)n1nnc2cc(S(=O)(=O)N3CCC(C(=O)O)CC3)ccc21.